The number of carbonyl (C=O) groups is 1. The lowest BCUT2D eigenvalue weighted by molar-refractivity contribution is -0.274. The minimum Gasteiger partial charge on any atom is -0.404 e. The summed E-state index contributed by atoms with van der Waals surface area (Å²) in [4.78, 5) is 14.6. The fourth-order valence-electron chi connectivity index (χ4n) is 1.46. The number of hydrogen-bond donors (Lipinski definition) is 1. The van der Waals surface area contributed by atoms with Gasteiger partial charge in [-0.3, -0.25) is 4.79 Å². The second-order valence-electron chi connectivity index (χ2n) is 3.55. The molecule has 2 aromatic rings. The van der Waals surface area contributed by atoms with Gasteiger partial charge in [0.1, 0.15) is 12.0 Å². The summed E-state index contributed by atoms with van der Waals surface area (Å²) in [6.45, 7) is 0. The molecule has 0 fully saturated rings. The Bertz CT molecular complexity index is 607. The number of ether oxygens (including phenoxy) is 1. The maximum Gasteiger partial charge on any atom is 0.573 e. The van der Waals surface area contributed by atoms with Crippen molar-refractivity contribution in [3.8, 4) is 11.4 Å². The van der Waals surface area contributed by atoms with Gasteiger partial charge in [0.15, 0.2) is 5.75 Å². The zero-order valence-corrected chi connectivity index (χ0v) is 9.39. The molecule has 0 saturated heterocycles. The quantitative estimate of drug-likeness (QED) is 0.926. The van der Waals surface area contributed by atoms with Gasteiger partial charge in [0, 0.05) is 6.20 Å². The number of aromatic nitrogens is 2. The van der Waals surface area contributed by atoms with Gasteiger partial charge < -0.3 is 15.0 Å². The number of nitrogens with zero attached hydrogens (tertiary/aromatic N) is 2. The van der Waals surface area contributed by atoms with Crippen LogP contribution in [0.15, 0.2) is 36.8 Å². The van der Waals surface area contributed by atoms with Crippen molar-refractivity contribution < 1.29 is 22.7 Å². The number of alkyl halides is 3. The largest absolute Gasteiger partial charge is 0.573 e. The molecule has 1 aromatic heterocycles. The molecule has 0 radical (unpaired) electrons. The van der Waals surface area contributed by atoms with Crippen molar-refractivity contribution in [2.75, 3.05) is 0 Å². The zero-order chi connectivity index (χ0) is 14.0. The van der Waals surface area contributed by atoms with Gasteiger partial charge in [-0.25, -0.2) is 4.98 Å². The Morgan fingerprint density at radius 3 is 2.58 bits per heavy atom. The van der Waals surface area contributed by atoms with Crippen molar-refractivity contribution >= 4 is 5.91 Å². The minimum atomic E-state index is -4.80. The molecule has 1 heterocycles. The van der Waals surface area contributed by atoms with E-state index in [9.17, 15) is 18.0 Å². The smallest absolute Gasteiger partial charge is 0.404 e. The lowest BCUT2D eigenvalue weighted by Crippen LogP contribution is -2.18. The van der Waals surface area contributed by atoms with Gasteiger partial charge in [0.05, 0.1) is 5.69 Å². The molecule has 0 atom stereocenters. The normalized spacial score (nSPS) is 11.3. The average molecular weight is 271 g/mol. The van der Waals surface area contributed by atoms with Gasteiger partial charge in [-0.05, 0) is 12.1 Å². The van der Waals surface area contributed by atoms with Crippen LogP contribution < -0.4 is 10.5 Å². The zero-order valence-electron chi connectivity index (χ0n) is 9.39. The van der Waals surface area contributed by atoms with Crippen LogP contribution in [-0.2, 0) is 0 Å². The van der Waals surface area contributed by atoms with E-state index in [0.717, 1.165) is 6.07 Å². The Kier molecular flexibility index (Phi) is 3.16. The third-order valence-electron chi connectivity index (χ3n) is 2.20. The van der Waals surface area contributed by atoms with E-state index >= 15 is 0 Å². The van der Waals surface area contributed by atoms with Crippen LogP contribution in [0.1, 0.15) is 10.5 Å². The SMILES string of the molecule is NC(=O)c1cn(-c2ccccc2OC(F)(F)F)cn1. The van der Waals surface area contributed by atoms with E-state index in [2.05, 4.69) is 9.72 Å². The number of hydrogen-bond acceptors (Lipinski definition) is 3. The molecule has 0 saturated carbocycles. The standard InChI is InChI=1S/C11H8F3N3O2/c12-11(13,14)19-9-4-2-1-3-8(9)17-5-7(10(15)18)16-6-17/h1-6H,(H2,15,18). The van der Waals surface area contributed by atoms with Gasteiger partial charge in [0.25, 0.3) is 5.91 Å². The molecule has 2 N–H and O–H groups in total. The van der Waals surface area contributed by atoms with Gasteiger partial charge in [-0.2, -0.15) is 0 Å². The molecule has 5 nitrogen and oxygen atoms in total. The fourth-order valence-corrected chi connectivity index (χ4v) is 1.46. The third-order valence-corrected chi connectivity index (χ3v) is 2.20. The summed E-state index contributed by atoms with van der Waals surface area (Å²) in [6.07, 6.45) is -2.40. The number of primary amides is 1. The molecule has 0 aliphatic heterocycles. The maximum absolute atomic E-state index is 12.2. The fraction of sp³-hybridized carbons (Fsp3) is 0.0909. The van der Waals surface area contributed by atoms with Crippen molar-refractivity contribution in [3.63, 3.8) is 0 Å². The number of halogens is 3. The third kappa shape index (κ3) is 3.03. The summed E-state index contributed by atoms with van der Waals surface area (Å²) in [5.41, 5.74) is 5.06. The molecule has 0 aliphatic carbocycles. The first-order chi connectivity index (χ1) is 8.87. The Morgan fingerprint density at radius 2 is 2.00 bits per heavy atom. The first kappa shape index (κ1) is 12.9. The Labute approximate surface area is 105 Å². The number of benzene rings is 1. The first-order valence-corrected chi connectivity index (χ1v) is 5.06. The Hall–Kier alpha value is -2.51. The average Bonchev–Trinajstić information content (AvgIpc) is 2.76. The summed E-state index contributed by atoms with van der Waals surface area (Å²) >= 11 is 0. The molecule has 0 aliphatic rings. The summed E-state index contributed by atoms with van der Waals surface area (Å²) < 4.78 is 41.9. The minimum absolute atomic E-state index is 0.0539. The highest BCUT2D eigenvalue weighted by Gasteiger charge is 2.32. The molecule has 8 heteroatoms. The molecular formula is C11H8F3N3O2. The monoisotopic (exact) mass is 271 g/mol. The highest BCUT2D eigenvalue weighted by Crippen LogP contribution is 2.28. The van der Waals surface area contributed by atoms with Crippen LogP contribution in [0.25, 0.3) is 5.69 Å². The lowest BCUT2D eigenvalue weighted by Gasteiger charge is -2.13. The second kappa shape index (κ2) is 4.63. The molecule has 2 rings (SSSR count). The summed E-state index contributed by atoms with van der Waals surface area (Å²) in [5.74, 6) is -1.17. The molecule has 1 aromatic carbocycles. The van der Waals surface area contributed by atoms with E-state index in [0.29, 0.717) is 0 Å². The summed E-state index contributed by atoms with van der Waals surface area (Å²) in [7, 11) is 0. The van der Waals surface area contributed by atoms with Gasteiger partial charge >= 0.3 is 6.36 Å². The van der Waals surface area contributed by atoms with E-state index in [1.165, 1.54) is 35.3 Å². The van der Waals surface area contributed by atoms with Crippen LogP contribution in [0.3, 0.4) is 0 Å². The van der Waals surface area contributed by atoms with Crippen LogP contribution in [-0.4, -0.2) is 21.8 Å². The van der Waals surface area contributed by atoms with Crippen LogP contribution in [0.4, 0.5) is 13.2 Å². The van der Waals surface area contributed by atoms with E-state index in [1.807, 2.05) is 0 Å². The maximum atomic E-state index is 12.2. The molecule has 100 valence electrons. The summed E-state index contributed by atoms with van der Waals surface area (Å²) in [5, 5.41) is 0. The number of rotatable bonds is 3. The number of nitrogens with two attached hydrogens (primary N) is 1. The predicted octanol–water partition coefficient (Wildman–Crippen LogP) is 1.87. The predicted molar refractivity (Wildman–Crippen MR) is 58.8 cm³/mol. The van der Waals surface area contributed by atoms with E-state index in [4.69, 9.17) is 5.73 Å². The number of imidazole rings is 1. The highest BCUT2D eigenvalue weighted by atomic mass is 19.4. The summed E-state index contributed by atoms with van der Waals surface area (Å²) in [6, 6.07) is 5.49. The molecule has 1 amide bonds. The van der Waals surface area contributed by atoms with Crippen LogP contribution in [0.5, 0.6) is 5.75 Å². The molecule has 19 heavy (non-hydrogen) atoms. The topological polar surface area (TPSA) is 70.1 Å². The number of para-hydroxylation sites is 2. The first-order valence-electron chi connectivity index (χ1n) is 5.06. The lowest BCUT2D eigenvalue weighted by atomic mass is 10.3. The van der Waals surface area contributed by atoms with E-state index < -0.39 is 18.0 Å². The molecule has 0 spiro atoms. The van der Waals surface area contributed by atoms with Crippen molar-refractivity contribution in [2.45, 2.75) is 6.36 Å². The molecule has 0 bridgehead atoms. The van der Waals surface area contributed by atoms with Crippen LogP contribution in [0.2, 0.25) is 0 Å². The Balaban J connectivity index is 2.41. The Morgan fingerprint density at radius 1 is 1.32 bits per heavy atom. The number of carbonyl (C=O) groups excluding carboxylic acids is 1. The highest BCUT2D eigenvalue weighted by molar-refractivity contribution is 5.90. The van der Waals surface area contributed by atoms with Crippen LogP contribution in [0, 0.1) is 0 Å². The van der Waals surface area contributed by atoms with Crippen molar-refractivity contribution in [3.05, 3.63) is 42.5 Å². The van der Waals surface area contributed by atoms with Crippen molar-refractivity contribution in [1.82, 2.24) is 9.55 Å². The second-order valence-corrected chi connectivity index (χ2v) is 3.55. The van der Waals surface area contributed by atoms with Gasteiger partial charge in [-0.1, -0.05) is 12.1 Å². The molecular weight excluding hydrogens is 263 g/mol. The van der Waals surface area contributed by atoms with Gasteiger partial charge in [-0.15, -0.1) is 13.2 Å². The molecule has 0 unspecified atom stereocenters. The van der Waals surface area contributed by atoms with Crippen LogP contribution >= 0.6 is 0 Å². The van der Waals surface area contributed by atoms with Gasteiger partial charge in [0.2, 0.25) is 0 Å². The van der Waals surface area contributed by atoms with Crippen molar-refractivity contribution in [2.24, 2.45) is 5.73 Å². The van der Waals surface area contributed by atoms with E-state index in [1.54, 1.807) is 0 Å². The number of amides is 1. The van der Waals surface area contributed by atoms with E-state index in [-0.39, 0.29) is 11.4 Å². The van der Waals surface area contributed by atoms with Crippen molar-refractivity contribution in [1.29, 1.82) is 0 Å².